The summed E-state index contributed by atoms with van der Waals surface area (Å²) in [6.07, 6.45) is 0.497. The van der Waals surface area contributed by atoms with E-state index in [0.29, 0.717) is 53.9 Å². The van der Waals surface area contributed by atoms with Gasteiger partial charge in [-0.2, -0.15) is 0 Å². The summed E-state index contributed by atoms with van der Waals surface area (Å²) >= 11 is 20.1. The van der Waals surface area contributed by atoms with E-state index in [1.807, 2.05) is 30.0 Å². The summed E-state index contributed by atoms with van der Waals surface area (Å²) in [4.78, 5) is 28.5. The third kappa shape index (κ3) is 6.00. The van der Waals surface area contributed by atoms with E-state index < -0.39 is 5.91 Å². The number of amides is 2. The fourth-order valence-corrected chi connectivity index (χ4v) is 4.53. The SMILES string of the molecule is CCC(=O)N1CCN(c2c(Cl)cccc2NC(=S)NC(=O)c2cc(I)ccc2Cl)CC1. The van der Waals surface area contributed by atoms with E-state index >= 15 is 0 Å². The van der Waals surface area contributed by atoms with Gasteiger partial charge in [0, 0.05) is 36.2 Å². The Labute approximate surface area is 210 Å². The number of hydrogen-bond donors (Lipinski definition) is 2. The molecule has 1 aliphatic rings. The molecule has 2 N–H and O–H groups in total. The summed E-state index contributed by atoms with van der Waals surface area (Å²) in [6, 6.07) is 10.7. The molecule has 10 heteroatoms. The Morgan fingerprint density at radius 3 is 2.48 bits per heavy atom. The van der Waals surface area contributed by atoms with Crippen molar-refractivity contribution >= 4 is 86.3 Å². The first-order valence-corrected chi connectivity index (χ1v) is 11.9. The molecule has 1 aliphatic heterocycles. The molecule has 1 heterocycles. The molecule has 0 aliphatic carbocycles. The van der Waals surface area contributed by atoms with Crippen LogP contribution < -0.4 is 15.5 Å². The summed E-state index contributed by atoms with van der Waals surface area (Å²) in [7, 11) is 0. The number of thiocarbonyl (C=S) groups is 1. The third-order valence-corrected chi connectivity index (χ3v) is 6.40. The molecule has 0 spiro atoms. The van der Waals surface area contributed by atoms with Gasteiger partial charge in [-0.3, -0.25) is 14.9 Å². The number of carbonyl (C=O) groups excluding carboxylic acids is 2. The number of anilines is 2. The standard InChI is InChI=1S/C21H21Cl2IN4O2S/c1-2-18(29)27-8-10-28(11-9-27)19-16(23)4-3-5-17(19)25-21(31)26-20(30)14-12-13(24)6-7-15(14)22/h3-7,12H,2,8-11H2,1H3,(H2,25,26,30,31). The summed E-state index contributed by atoms with van der Waals surface area (Å²) in [5, 5.41) is 6.80. The molecule has 2 amide bonds. The molecule has 31 heavy (non-hydrogen) atoms. The molecular weight excluding hydrogens is 570 g/mol. The predicted molar refractivity (Wildman–Crippen MR) is 138 cm³/mol. The van der Waals surface area contributed by atoms with Crippen molar-refractivity contribution in [2.24, 2.45) is 0 Å². The highest BCUT2D eigenvalue weighted by Gasteiger charge is 2.24. The average molecular weight is 591 g/mol. The smallest absolute Gasteiger partial charge is 0.258 e. The molecule has 0 unspecified atom stereocenters. The Balaban J connectivity index is 1.72. The first kappa shape index (κ1) is 24.0. The molecule has 1 fully saturated rings. The van der Waals surface area contributed by atoms with Gasteiger partial charge in [0.2, 0.25) is 5.91 Å². The molecule has 2 aromatic rings. The van der Waals surface area contributed by atoms with Crippen LogP contribution in [0, 0.1) is 3.57 Å². The van der Waals surface area contributed by atoms with E-state index in [1.54, 1.807) is 18.2 Å². The molecule has 164 valence electrons. The Morgan fingerprint density at radius 2 is 1.81 bits per heavy atom. The lowest BCUT2D eigenvalue weighted by Gasteiger charge is -2.37. The molecule has 2 aromatic carbocycles. The van der Waals surface area contributed by atoms with Crippen LogP contribution in [0.3, 0.4) is 0 Å². The number of piperazine rings is 1. The van der Waals surface area contributed by atoms with E-state index in [2.05, 4.69) is 38.1 Å². The molecule has 3 rings (SSSR count). The number of para-hydroxylation sites is 1. The summed E-state index contributed by atoms with van der Waals surface area (Å²) < 4.78 is 0.892. The van der Waals surface area contributed by atoms with Gasteiger partial charge in [0.15, 0.2) is 5.11 Å². The maximum Gasteiger partial charge on any atom is 0.258 e. The van der Waals surface area contributed by atoms with E-state index in [1.165, 1.54) is 0 Å². The van der Waals surface area contributed by atoms with Crippen molar-refractivity contribution in [2.45, 2.75) is 13.3 Å². The van der Waals surface area contributed by atoms with E-state index in [4.69, 9.17) is 35.4 Å². The molecule has 0 radical (unpaired) electrons. The quantitative estimate of drug-likeness (QED) is 0.396. The van der Waals surface area contributed by atoms with Crippen molar-refractivity contribution in [3.8, 4) is 0 Å². The summed E-state index contributed by atoms with van der Waals surface area (Å²) in [5.41, 5.74) is 1.82. The number of halogens is 3. The number of nitrogens with zero attached hydrogens (tertiary/aromatic N) is 2. The highest BCUT2D eigenvalue weighted by atomic mass is 127. The lowest BCUT2D eigenvalue weighted by molar-refractivity contribution is -0.131. The molecule has 0 aromatic heterocycles. The van der Waals surface area contributed by atoms with Crippen LogP contribution in [-0.4, -0.2) is 48.0 Å². The predicted octanol–water partition coefficient (Wildman–Crippen LogP) is 4.78. The van der Waals surface area contributed by atoms with Gasteiger partial charge in [0.25, 0.3) is 5.91 Å². The second-order valence-electron chi connectivity index (χ2n) is 6.89. The topological polar surface area (TPSA) is 64.7 Å². The van der Waals surface area contributed by atoms with Gasteiger partial charge in [-0.1, -0.05) is 36.2 Å². The van der Waals surface area contributed by atoms with Crippen LogP contribution >= 0.6 is 58.0 Å². The van der Waals surface area contributed by atoms with Crippen molar-refractivity contribution in [2.75, 3.05) is 36.4 Å². The van der Waals surface area contributed by atoms with Gasteiger partial charge in [0.1, 0.15) is 0 Å². The number of nitrogens with one attached hydrogen (secondary N) is 2. The summed E-state index contributed by atoms with van der Waals surface area (Å²) in [5.74, 6) is -0.244. The second kappa shape index (κ2) is 10.8. The van der Waals surface area contributed by atoms with Crippen LogP contribution in [0.1, 0.15) is 23.7 Å². The fourth-order valence-electron chi connectivity index (χ4n) is 3.34. The number of benzene rings is 2. The van der Waals surface area contributed by atoms with E-state index in [-0.39, 0.29) is 11.0 Å². The maximum atomic E-state index is 12.6. The molecule has 6 nitrogen and oxygen atoms in total. The third-order valence-electron chi connectivity index (χ3n) is 4.89. The van der Waals surface area contributed by atoms with Crippen molar-refractivity contribution in [3.05, 3.63) is 55.6 Å². The molecule has 0 atom stereocenters. The first-order valence-electron chi connectivity index (χ1n) is 9.68. The van der Waals surface area contributed by atoms with Crippen molar-refractivity contribution in [1.82, 2.24) is 10.2 Å². The average Bonchev–Trinajstić information content (AvgIpc) is 2.75. The Kier molecular flexibility index (Phi) is 8.37. The van der Waals surface area contributed by atoms with E-state index in [9.17, 15) is 9.59 Å². The van der Waals surface area contributed by atoms with Gasteiger partial charge in [-0.15, -0.1) is 0 Å². The lowest BCUT2D eigenvalue weighted by Crippen LogP contribution is -2.49. The fraction of sp³-hybridized carbons (Fsp3) is 0.286. The maximum absolute atomic E-state index is 12.6. The van der Waals surface area contributed by atoms with Gasteiger partial charge in [-0.05, 0) is 65.1 Å². The normalized spacial score (nSPS) is 13.7. The minimum atomic E-state index is -0.392. The number of hydrogen-bond acceptors (Lipinski definition) is 4. The Hall–Kier alpha value is -1.62. The van der Waals surface area contributed by atoms with Gasteiger partial charge in [-0.25, -0.2) is 0 Å². The van der Waals surface area contributed by atoms with Crippen LogP contribution in [0.2, 0.25) is 10.0 Å². The largest absolute Gasteiger partial charge is 0.365 e. The zero-order chi connectivity index (χ0) is 22.5. The van der Waals surface area contributed by atoms with E-state index in [0.717, 1.165) is 9.26 Å². The van der Waals surface area contributed by atoms with Crippen molar-refractivity contribution in [3.63, 3.8) is 0 Å². The number of carbonyl (C=O) groups is 2. The van der Waals surface area contributed by atoms with Gasteiger partial charge >= 0.3 is 0 Å². The minimum Gasteiger partial charge on any atom is -0.365 e. The van der Waals surface area contributed by atoms with Crippen LogP contribution in [-0.2, 0) is 4.79 Å². The molecule has 0 bridgehead atoms. The Morgan fingerprint density at radius 1 is 1.10 bits per heavy atom. The first-order chi connectivity index (χ1) is 14.8. The minimum absolute atomic E-state index is 0.142. The monoisotopic (exact) mass is 590 g/mol. The highest BCUT2D eigenvalue weighted by Crippen LogP contribution is 2.34. The van der Waals surface area contributed by atoms with Gasteiger partial charge < -0.3 is 15.1 Å². The molecule has 1 saturated heterocycles. The molecule has 0 saturated carbocycles. The molecular formula is C21H21Cl2IN4O2S. The highest BCUT2D eigenvalue weighted by molar-refractivity contribution is 14.1. The second-order valence-corrected chi connectivity index (χ2v) is 9.36. The zero-order valence-electron chi connectivity index (χ0n) is 16.8. The zero-order valence-corrected chi connectivity index (χ0v) is 21.2. The van der Waals surface area contributed by atoms with Crippen LogP contribution in [0.5, 0.6) is 0 Å². The number of rotatable bonds is 4. The van der Waals surface area contributed by atoms with Crippen molar-refractivity contribution < 1.29 is 9.59 Å². The van der Waals surface area contributed by atoms with Crippen LogP contribution in [0.15, 0.2) is 36.4 Å². The lowest BCUT2D eigenvalue weighted by atomic mass is 10.2. The van der Waals surface area contributed by atoms with Crippen LogP contribution in [0.4, 0.5) is 11.4 Å². The van der Waals surface area contributed by atoms with Crippen molar-refractivity contribution in [1.29, 1.82) is 0 Å². The summed E-state index contributed by atoms with van der Waals surface area (Å²) in [6.45, 7) is 4.43. The van der Waals surface area contributed by atoms with Crippen LogP contribution in [0.25, 0.3) is 0 Å². The van der Waals surface area contributed by atoms with Gasteiger partial charge in [0.05, 0.1) is 27.0 Å². The Bertz CT molecular complexity index is 1010.